The van der Waals surface area contributed by atoms with Gasteiger partial charge in [-0.3, -0.25) is 9.59 Å². The fourth-order valence-electron chi connectivity index (χ4n) is 9.23. The monoisotopic (exact) mass is 286 g/mol. The lowest BCUT2D eigenvalue weighted by molar-refractivity contribution is -0.255. The van der Waals surface area contributed by atoms with Gasteiger partial charge in [-0.25, -0.2) is 0 Å². The lowest BCUT2D eigenvalue weighted by Crippen LogP contribution is -2.57. The van der Waals surface area contributed by atoms with Crippen LogP contribution >= 0.6 is 0 Å². The van der Waals surface area contributed by atoms with Crippen molar-refractivity contribution < 1.29 is 19.1 Å². The van der Waals surface area contributed by atoms with E-state index in [0.29, 0.717) is 23.7 Å². The Morgan fingerprint density at radius 1 is 0.810 bits per heavy atom. The Bertz CT molecular complexity index is 608. The summed E-state index contributed by atoms with van der Waals surface area (Å²) in [7, 11) is 0. The minimum Gasteiger partial charge on any atom is -0.422 e. The van der Waals surface area contributed by atoms with E-state index in [1.54, 1.807) is 13.8 Å². The van der Waals surface area contributed by atoms with Crippen LogP contribution in [0, 0.1) is 64.6 Å². The smallest absolute Gasteiger partial charge is 0.327 e. The van der Waals surface area contributed by atoms with E-state index in [0.717, 1.165) is 23.7 Å². The van der Waals surface area contributed by atoms with Crippen molar-refractivity contribution in [3.63, 3.8) is 0 Å². The van der Waals surface area contributed by atoms with Crippen molar-refractivity contribution in [1.82, 2.24) is 0 Å². The molecule has 0 unspecified atom stereocenters. The van der Waals surface area contributed by atoms with Gasteiger partial charge in [-0.2, -0.15) is 0 Å². The van der Waals surface area contributed by atoms with Crippen molar-refractivity contribution in [2.45, 2.75) is 26.1 Å². The van der Waals surface area contributed by atoms with Crippen molar-refractivity contribution >= 4 is 11.9 Å². The molecule has 0 aromatic carbocycles. The lowest BCUT2D eigenvalue weighted by atomic mass is 9.60. The first-order valence-electron chi connectivity index (χ1n) is 8.45. The molecular weight excluding hydrogens is 268 g/mol. The van der Waals surface area contributed by atoms with E-state index in [9.17, 15) is 9.59 Å². The summed E-state index contributed by atoms with van der Waals surface area (Å²) in [5, 5.41) is 0. The van der Waals surface area contributed by atoms with Crippen LogP contribution in [-0.4, -0.2) is 17.7 Å². The van der Waals surface area contributed by atoms with Gasteiger partial charge in [-0.15, -0.1) is 0 Å². The van der Waals surface area contributed by atoms with Crippen LogP contribution in [0.1, 0.15) is 20.3 Å². The highest BCUT2D eigenvalue weighted by Crippen LogP contribution is 2.94. The van der Waals surface area contributed by atoms with Gasteiger partial charge in [0.1, 0.15) is 0 Å². The van der Waals surface area contributed by atoms with Gasteiger partial charge in [-0.1, -0.05) is 0 Å². The number of carbonyl (C=O) groups is 2. The summed E-state index contributed by atoms with van der Waals surface area (Å²) in [4.78, 5) is 25.9. The number of carbonyl (C=O) groups excluding carboxylic acids is 2. The molecule has 8 rings (SSSR count). The number of esters is 2. The van der Waals surface area contributed by atoms with Gasteiger partial charge in [0.15, 0.2) is 5.41 Å². The Morgan fingerprint density at radius 3 is 1.76 bits per heavy atom. The number of cyclic esters (lactones) is 2. The minimum absolute atomic E-state index is 0.249. The maximum atomic E-state index is 13.0. The van der Waals surface area contributed by atoms with Gasteiger partial charge in [0.2, 0.25) is 0 Å². The molecule has 0 radical (unpaired) electrons. The molecule has 8 fully saturated rings. The van der Waals surface area contributed by atoms with E-state index in [1.165, 1.54) is 6.42 Å². The van der Waals surface area contributed by atoms with Gasteiger partial charge in [-0.05, 0) is 65.6 Å². The lowest BCUT2D eigenvalue weighted by Gasteiger charge is -2.44. The van der Waals surface area contributed by atoms with Crippen LogP contribution in [0.2, 0.25) is 0 Å². The Morgan fingerprint density at radius 2 is 1.29 bits per heavy atom. The predicted octanol–water partition coefficient (Wildman–Crippen LogP) is 1.44. The van der Waals surface area contributed by atoms with Gasteiger partial charge in [0.25, 0.3) is 5.79 Å². The molecule has 4 heteroatoms. The maximum absolute atomic E-state index is 13.0. The van der Waals surface area contributed by atoms with Crippen LogP contribution in [0.4, 0.5) is 0 Å². The Hall–Kier alpha value is -1.06. The molecule has 10 atom stereocenters. The Labute approximate surface area is 122 Å². The first-order chi connectivity index (χ1) is 9.98. The topological polar surface area (TPSA) is 52.6 Å². The molecule has 7 aliphatic carbocycles. The molecule has 1 heterocycles. The molecule has 1 aliphatic heterocycles. The fourth-order valence-corrected chi connectivity index (χ4v) is 9.23. The molecule has 4 nitrogen and oxygen atoms in total. The summed E-state index contributed by atoms with van der Waals surface area (Å²) in [5.41, 5.74) is -0.906. The van der Waals surface area contributed by atoms with Gasteiger partial charge in [0.05, 0.1) is 0 Å². The summed E-state index contributed by atoms with van der Waals surface area (Å²) in [5.74, 6) is 4.78. The van der Waals surface area contributed by atoms with Gasteiger partial charge < -0.3 is 9.47 Å². The van der Waals surface area contributed by atoms with E-state index in [-0.39, 0.29) is 23.8 Å². The molecule has 1 spiro atoms. The third-order valence-corrected chi connectivity index (χ3v) is 8.81. The molecule has 7 saturated carbocycles. The number of rotatable bonds is 0. The van der Waals surface area contributed by atoms with E-state index >= 15 is 0 Å². The zero-order valence-electron chi connectivity index (χ0n) is 12.1. The first-order valence-corrected chi connectivity index (χ1v) is 8.45. The largest absolute Gasteiger partial charge is 0.422 e. The second kappa shape index (κ2) is 2.44. The van der Waals surface area contributed by atoms with Crippen LogP contribution < -0.4 is 0 Å². The highest BCUT2D eigenvalue weighted by Gasteiger charge is 2.96. The SMILES string of the molecule is CC1(C)OC(=O)C2(C(=O)O1)[C@@H]1[C@@H]3[C@@H]4[C@@H]5C[C@H]6[C@H]4[C@@H]3[C@H]2[C@@H]6[C@@H]51. The van der Waals surface area contributed by atoms with E-state index in [4.69, 9.17) is 9.47 Å². The molecule has 0 aromatic rings. The molecule has 0 N–H and O–H groups in total. The Balaban J connectivity index is 1.48. The summed E-state index contributed by atoms with van der Waals surface area (Å²) in [6.45, 7) is 3.33. The zero-order chi connectivity index (χ0) is 14.0. The predicted molar refractivity (Wildman–Crippen MR) is 68.2 cm³/mol. The fraction of sp³-hybridized carbons (Fsp3) is 0.882. The highest BCUT2D eigenvalue weighted by atomic mass is 16.7. The van der Waals surface area contributed by atoms with E-state index in [2.05, 4.69) is 0 Å². The van der Waals surface area contributed by atoms with Crippen molar-refractivity contribution in [2.24, 2.45) is 64.6 Å². The molecule has 0 amide bonds. The zero-order valence-corrected chi connectivity index (χ0v) is 12.1. The van der Waals surface area contributed by atoms with E-state index in [1.807, 2.05) is 0 Å². The number of hydrogen-bond acceptors (Lipinski definition) is 4. The van der Waals surface area contributed by atoms with Crippen molar-refractivity contribution in [3.05, 3.63) is 0 Å². The van der Waals surface area contributed by atoms with Crippen LogP contribution in [0.15, 0.2) is 0 Å². The Kier molecular flexibility index (Phi) is 1.24. The molecule has 1 saturated heterocycles. The quantitative estimate of drug-likeness (QED) is 0.499. The highest BCUT2D eigenvalue weighted by molar-refractivity contribution is 6.04. The maximum Gasteiger partial charge on any atom is 0.327 e. The molecule has 0 aromatic heterocycles. The van der Waals surface area contributed by atoms with Crippen molar-refractivity contribution in [3.8, 4) is 0 Å². The average molecular weight is 286 g/mol. The molecule has 8 aliphatic rings. The van der Waals surface area contributed by atoms with Crippen LogP contribution in [0.5, 0.6) is 0 Å². The molecular formula is C17H18O4. The number of ether oxygens (including phenoxy) is 2. The normalized spacial score (nSPS) is 67.1. The molecule has 110 valence electrons. The van der Waals surface area contributed by atoms with E-state index < -0.39 is 11.2 Å². The standard InChI is InChI=1S/C17H18O4/c1-16(2)20-14(18)17(15(19)21-16)12-8-4-3-5-7-6(4)10(12)11(7)13(17)9(5)8/h4-13H,3H2,1-2H3/t4-,5-,6+,7+,8-,9+,10-,11+,12+,13-/m0/s1. The van der Waals surface area contributed by atoms with Gasteiger partial charge in [0, 0.05) is 13.8 Å². The summed E-state index contributed by atoms with van der Waals surface area (Å²) >= 11 is 0. The number of hydrogen-bond donors (Lipinski definition) is 0. The van der Waals surface area contributed by atoms with Crippen molar-refractivity contribution in [2.75, 3.05) is 0 Å². The average Bonchev–Trinajstić information content (AvgIpc) is 2.95. The van der Waals surface area contributed by atoms with Gasteiger partial charge >= 0.3 is 11.9 Å². The minimum atomic E-state index is -1.09. The summed E-state index contributed by atoms with van der Waals surface area (Å²) in [6.07, 6.45) is 1.39. The molecule has 4 bridgehead atoms. The van der Waals surface area contributed by atoms with Crippen LogP contribution in [0.3, 0.4) is 0 Å². The van der Waals surface area contributed by atoms with Crippen LogP contribution in [-0.2, 0) is 19.1 Å². The third kappa shape index (κ3) is 0.687. The summed E-state index contributed by atoms with van der Waals surface area (Å²) < 4.78 is 11.2. The van der Waals surface area contributed by atoms with Crippen molar-refractivity contribution in [1.29, 1.82) is 0 Å². The third-order valence-electron chi connectivity index (χ3n) is 8.81. The van der Waals surface area contributed by atoms with Crippen LogP contribution in [0.25, 0.3) is 0 Å². The molecule has 21 heavy (non-hydrogen) atoms. The summed E-state index contributed by atoms with van der Waals surface area (Å²) in [6, 6.07) is 0. The first kappa shape index (κ1) is 10.6. The second-order valence-electron chi connectivity index (χ2n) is 9.13. The second-order valence-corrected chi connectivity index (χ2v) is 9.13.